The number of carbonyl (C=O) groups is 2. The molecular weight excluding hydrogens is 394 g/mol. The highest BCUT2D eigenvalue weighted by Gasteiger charge is 2.31. The van der Waals surface area contributed by atoms with Crippen LogP contribution >= 0.6 is 23.8 Å². The molecule has 2 aliphatic rings. The number of nitrogens with zero attached hydrogens (tertiary/aromatic N) is 2. The first-order chi connectivity index (χ1) is 13.4. The molecule has 0 aliphatic carbocycles. The van der Waals surface area contributed by atoms with Gasteiger partial charge in [-0.3, -0.25) is 19.8 Å². The SMILES string of the molecule is CN1C(=O)C(=Cc2ccc3c(c2)CCN3Cc2ccccc2Cl)C(=O)NC1=S. The quantitative estimate of drug-likeness (QED) is 0.479. The first kappa shape index (κ1) is 18.7. The Balaban J connectivity index is 1.59. The number of hydrogen-bond acceptors (Lipinski definition) is 4. The van der Waals surface area contributed by atoms with Crippen molar-refractivity contribution in [1.82, 2.24) is 10.2 Å². The lowest BCUT2D eigenvalue weighted by Crippen LogP contribution is -2.52. The van der Waals surface area contributed by atoms with Crippen LogP contribution in [0, 0.1) is 0 Å². The average Bonchev–Trinajstić information content (AvgIpc) is 3.07. The fraction of sp³-hybridized carbons (Fsp3) is 0.190. The summed E-state index contributed by atoms with van der Waals surface area (Å²) in [6, 6.07) is 13.8. The number of fused-ring (bicyclic) bond motifs is 1. The maximum atomic E-state index is 12.4. The summed E-state index contributed by atoms with van der Waals surface area (Å²) in [5.74, 6) is -0.858. The molecule has 7 heteroatoms. The molecule has 0 aromatic heterocycles. The Hall–Kier alpha value is -2.70. The molecule has 142 valence electrons. The number of likely N-dealkylation sites (N-methyl/N-ethyl adjacent to an activating group) is 1. The molecule has 1 N–H and O–H groups in total. The Kier molecular flexibility index (Phi) is 4.91. The molecule has 1 saturated heterocycles. The number of nitrogens with one attached hydrogen (secondary N) is 1. The van der Waals surface area contributed by atoms with Crippen molar-refractivity contribution in [2.75, 3.05) is 18.5 Å². The van der Waals surface area contributed by atoms with Crippen LogP contribution in [0.15, 0.2) is 48.0 Å². The number of rotatable bonds is 3. The lowest BCUT2D eigenvalue weighted by atomic mass is 10.0. The van der Waals surface area contributed by atoms with Crippen molar-refractivity contribution in [3.8, 4) is 0 Å². The van der Waals surface area contributed by atoms with Gasteiger partial charge in [-0.2, -0.15) is 0 Å². The molecule has 2 amide bonds. The molecule has 0 spiro atoms. The van der Waals surface area contributed by atoms with Gasteiger partial charge in [0.1, 0.15) is 5.57 Å². The van der Waals surface area contributed by atoms with Crippen LogP contribution in [0.25, 0.3) is 6.08 Å². The van der Waals surface area contributed by atoms with Crippen LogP contribution in [0.4, 0.5) is 5.69 Å². The molecular formula is C21H18ClN3O2S. The Morgan fingerprint density at radius 1 is 1.21 bits per heavy atom. The Morgan fingerprint density at radius 2 is 2.00 bits per heavy atom. The topological polar surface area (TPSA) is 52.7 Å². The van der Waals surface area contributed by atoms with E-state index in [4.69, 9.17) is 23.8 Å². The van der Waals surface area contributed by atoms with Crippen LogP contribution in [0.1, 0.15) is 16.7 Å². The van der Waals surface area contributed by atoms with Crippen LogP contribution in [-0.2, 0) is 22.6 Å². The second-order valence-corrected chi connectivity index (χ2v) is 7.63. The minimum Gasteiger partial charge on any atom is -0.367 e. The van der Waals surface area contributed by atoms with E-state index in [1.807, 2.05) is 42.5 Å². The Bertz CT molecular complexity index is 1030. The number of hydrogen-bond donors (Lipinski definition) is 1. The second-order valence-electron chi connectivity index (χ2n) is 6.83. The van der Waals surface area contributed by atoms with Crippen molar-refractivity contribution < 1.29 is 9.59 Å². The van der Waals surface area contributed by atoms with E-state index in [1.54, 1.807) is 13.1 Å². The van der Waals surface area contributed by atoms with Gasteiger partial charge in [-0.05, 0) is 59.6 Å². The number of anilines is 1. The molecule has 4 rings (SSSR count). The normalized spacial score (nSPS) is 17.9. The lowest BCUT2D eigenvalue weighted by Gasteiger charge is -2.25. The zero-order valence-corrected chi connectivity index (χ0v) is 16.8. The van der Waals surface area contributed by atoms with Gasteiger partial charge < -0.3 is 4.90 Å². The second kappa shape index (κ2) is 7.37. The number of amides is 2. The van der Waals surface area contributed by atoms with Crippen molar-refractivity contribution >= 4 is 52.5 Å². The van der Waals surface area contributed by atoms with Crippen molar-refractivity contribution in [2.24, 2.45) is 0 Å². The fourth-order valence-electron chi connectivity index (χ4n) is 3.49. The number of carbonyl (C=O) groups excluding carboxylic acids is 2. The predicted molar refractivity (Wildman–Crippen MR) is 114 cm³/mol. The fourth-order valence-corrected chi connectivity index (χ4v) is 3.86. The van der Waals surface area contributed by atoms with Gasteiger partial charge in [0.15, 0.2) is 5.11 Å². The number of halogens is 1. The van der Waals surface area contributed by atoms with Crippen LogP contribution in [0.5, 0.6) is 0 Å². The van der Waals surface area contributed by atoms with E-state index in [-0.39, 0.29) is 10.7 Å². The molecule has 2 heterocycles. The molecule has 1 fully saturated rings. The molecule has 0 atom stereocenters. The van der Waals surface area contributed by atoms with Gasteiger partial charge in [0.25, 0.3) is 11.8 Å². The van der Waals surface area contributed by atoms with Crippen molar-refractivity contribution in [3.63, 3.8) is 0 Å². The van der Waals surface area contributed by atoms with E-state index >= 15 is 0 Å². The highest BCUT2D eigenvalue weighted by Crippen LogP contribution is 2.32. The molecule has 2 aromatic rings. The zero-order valence-electron chi connectivity index (χ0n) is 15.2. The van der Waals surface area contributed by atoms with Crippen LogP contribution in [-0.4, -0.2) is 35.4 Å². The third-order valence-electron chi connectivity index (χ3n) is 5.03. The van der Waals surface area contributed by atoms with Gasteiger partial charge in [-0.25, -0.2) is 0 Å². The Labute approximate surface area is 173 Å². The van der Waals surface area contributed by atoms with E-state index < -0.39 is 11.8 Å². The monoisotopic (exact) mass is 411 g/mol. The summed E-state index contributed by atoms with van der Waals surface area (Å²) in [6.07, 6.45) is 2.52. The highest BCUT2D eigenvalue weighted by atomic mass is 35.5. The zero-order chi connectivity index (χ0) is 19.8. The van der Waals surface area contributed by atoms with E-state index in [2.05, 4.69) is 10.2 Å². The molecule has 28 heavy (non-hydrogen) atoms. The maximum absolute atomic E-state index is 12.4. The molecule has 2 aliphatic heterocycles. The van der Waals surface area contributed by atoms with Crippen LogP contribution in [0.3, 0.4) is 0 Å². The summed E-state index contributed by atoms with van der Waals surface area (Å²) in [6.45, 7) is 1.65. The van der Waals surface area contributed by atoms with E-state index in [0.29, 0.717) is 0 Å². The molecule has 5 nitrogen and oxygen atoms in total. The minimum atomic E-state index is -0.464. The van der Waals surface area contributed by atoms with Crippen LogP contribution < -0.4 is 10.2 Å². The first-order valence-corrected chi connectivity index (χ1v) is 9.69. The summed E-state index contributed by atoms with van der Waals surface area (Å²) in [5, 5.41) is 3.42. The maximum Gasteiger partial charge on any atom is 0.265 e. The van der Waals surface area contributed by atoms with E-state index in [0.717, 1.165) is 41.3 Å². The van der Waals surface area contributed by atoms with Crippen molar-refractivity contribution in [3.05, 3.63) is 69.8 Å². The van der Waals surface area contributed by atoms with Crippen molar-refractivity contribution in [1.29, 1.82) is 0 Å². The molecule has 0 bridgehead atoms. The van der Waals surface area contributed by atoms with Gasteiger partial charge in [0.05, 0.1) is 0 Å². The first-order valence-electron chi connectivity index (χ1n) is 8.90. The molecule has 2 aromatic carbocycles. The number of thiocarbonyl (C=S) groups is 1. The van der Waals surface area contributed by atoms with Gasteiger partial charge in [-0.1, -0.05) is 35.9 Å². The molecule has 0 unspecified atom stereocenters. The minimum absolute atomic E-state index is 0.0852. The van der Waals surface area contributed by atoms with Crippen LogP contribution in [0.2, 0.25) is 5.02 Å². The number of benzene rings is 2. The largest absolute Gasteiger partial charge is 0.367 e. The lowest BCUT2D eigenvalue weighted by molar-refractivity contribution is -0.128. The molecule has 0 radical (unpaired) electrons. The standard InChI is InChI=1S/C21H18ClN3O2S/c1-24-20(27)16(19(26)23-21(24)28)11-13-6-7-18-14(10-13)8-9-25(18)12-15-4-2-3-5-17(15)22/h2-7,10-11H,8-9,12H2,1H3,(H,23,26,28). The third kappa shape index (κ3) is 3.41. The van der Waals surface area contributed by atoms with Gasteiger partial charge in [0, 0.05) is 30.8 Å². The Morgan fingerprint density at radius 3 is 2.79 bits per heavy atom. The highest BCUT2D eigenvalue weighted by molar-refractivity contribution is 7.80. The van der Waals surface area contributed by atoms with Gasteiger partial charge in [0.2, 0.25) is 0 Å². The average molecular weight is 412 g/mol. The summed E-state index contributed by atoms with van der Waals surface area (Å²) >= 11 is 11.3. The predicted octanol–water partition coefficient (Wildman–Crippen LogP) is 3.16. The molecule has 0 saturated carbocycles. The summed E-state index contributed by atoms with van der Waals surface area (Å²) in [4.78, 5) is 28.1. The van der Waals surface area contributed by atoms with Gasteiger partial charge >= 0.3 is 0 Å². The van der Waals surface area contributed by atoms with E-state index in [9.17, 15) is 9.59 Å². The summed E-state index contributed by atoms with van der Waals surface area (Å²) in [5.41, 5.74) is 4.33. The van der Waals surface area contributed by atoms with Crippen molar-refractivity contribution in [2.45, 2.75) is 13.0 Å². The smallest absolute Gasteiger partial charge is 0.265 e. The van der Waals surface area contributed by atoms with Gasteiger partial charge in [-0.15, -0.1) is 0 Å². The third-order valence-corrected chi connectivity index (χ3v) is 5.77. The van der Waals surface area contributed by atoms with E-state index in [1.165, 1.54) is 10.5 Å². The summed E-state index contributed by atoms with van der Waals surface area (Å²) < 4.78 is 0. The summed E-state index contributed by atoms with van der Waals surface area (Å²) in [7, 11) is 1.55.